The lowest BCUT2D eigenvalue weighted by Crippen LogP contribution is -1.81. The van der Waals surface area contributed by atoms with Gasteiger partial charge in [0.05, 0.1) is 0 Å². The Balaban J connectivity index is 1.98. The van der Waals surface area contributed by atoms with E-state index in [-0.39, 0.29) is 0 Å². The van der Waals surface area contributed by atoms with Gasteiger partial charge in [0, 0.05) is 34.4 Å². The molecule has 0 spiro atoms. The molecule has 1 heterocycles. The molecule has 0 saturated heterocycles. The van der Waals surface area contributed by atoms with Crippen LogP contribution in [0.2, 0.25) is 0 Å². The zero-order valence-corrected chi connectivity index (χ0v) is 11.3. The van der Waals surface area contributed by atoms with Gasteiger partial charge >= 0.3 is 0 Å². The first-order valence-corrected chi connectivity index (χ1v) is 6.88. The maximum atomic E-state index is 6.20. The third-order valence-electron chi connectivity index (χ3n) is 3.57. The molecule has 2 aromatic carbocycles. The largest absolute Gasteiger partial charge is 0.455 e. The average Bonchev–Trinajstić information content (AvgIpc) is 2.96. The van der Waals surface area contributed by atoms with Gasteiger partial charge in [-0.05, 0) is 0 Å². The van der Waals surface area contributed by atoms with Gasteiger partial charge in [-0.1, -0.05) is 72.1 Å². The first kappa shape index (κ1) is 11.8. The summed E-state index contributed by atoms with van der Waals surface area (Å²) >= 11 is 0. The quantitative estimate of drug-likeness (QED) is 0.443. The zero-order valence-electron chi connectivity index (χ0n) is 11.3. The Kier molecular flexibility index (Phi) is 2.73. The SMILES string of the molecule is C1=C=Cc2c(-c3ccccc3)oc(-c3ccccc3)c2C=1. The minimum Gasteiger partial charge on any atom is -0.455 e. The van der Waals surface area contributed by atoms with Gasteiger partial charge in [-0.3, -0.25) is 0 Å². The number of hydrogen-bond acceptors (Lipinski definition) is 1. The predicted molar refractivity (Wildman–Crippen MR) is 85.5 cm³/mol. The van der Waals surface area contributed by atoms with Crippen LogP contribution in [0.25, 0.3) is 34.8 Å². The maximum Gasteiger partial charge on any atom is 0.143 e. The van der Waals surface area contributed by atoms with Gasteiger partial charge < -0.3 is 4.42 Å². The van der Waals surface area contributed by atoms with Crippen LogP contribution in [0.4, 0.5) is 0 Å². The van der Waals surface area contributed by atoms with Crippen molar-refractivity contribution < 1.29 is 4.42 Å². The Labute approximate surface area is 123 Å². The molecule has 1 heteroatoms. The number of furan rings is 1. The summed E-state index contributed by atoms with van der Waals surface area (Å²) in [6.07, 6.45) is 3.88. The summed E-state index contributed by atoms with van der Waals surface area (Å²) in [6, 6.07) is 20.3. The van der Waals surface area contributed by atoms with Crippen LogP contribution < -0.4 is 0 Å². The summed E-state index contributed by atoms with van der Waals surface area (Å²) in [5.74, 6) is 1.77. The fourth-order valence-electron chi connectivity index (χ4n) is 2.58. The lowest BCUT2D eigenvalue weighted by Gasteiger charge is -1.98. The van der Waals surface area contributed by atoms with Crippen molar-refractivity contribution in [2.45, 2.75) is 0 Å². The lowest BCUT2D eigenvalue weighted by molar-refractivity contribution is 0.596. The third-order valence-corrected chi connectivity index (χ3v) is 3.57. The third kappa shape index (κ3) is 1.98. The maximum absolute atomic E-state index is 6.20. The molecule has 0 amide bonds. The Morgan fingerprint density at radius 2 is 1.00 bits per heavy atom. The summed E-state index contributed by atoms with van der Waals surface area (Å²) in [5.41, 5.74) is 10.3. The van der Waals surface area contributed by atoms with Crippen molar-refractivity contribution >= 4 is 12.2 Å². The number of fused-ring (bicyclic) bond motifs is 1. The number of rotatable bonds is 2. The van der Waals surface area contributed by atoms with E-state index in [1.54, 1.807) is 0 Å². The molecule has 1 nitrogen and oxygen atoms in total. The Morgan fingerprint density at radius 3 is 1.43 bits per heavy atom. The molecule has 0 aliphatic heterocycles. The van der Waals surface area contributed by atoms with E-state index in [0.717, 1.165) is 33.8 Å². The van der Waals surface area contributed by atoms with Crippen LogP contribution >= 0.6 is 0 Å². The van der Waals surface area contributed by atoms with Gasteiger partial charge in [-0.2, -0.15) is 0 Å². The number of hydrogen-bond donors (Lipinski definition) is 0. The molecule has 0 fully saturated rings. The predicted octanol–water partition coefficient (Wildman–Crippen LogP) is 5.41. The first-order chi connectivity index (χ1) is 10.4. The van der Waals surface area contributed by atoms with Crippen LogP contribution in [0.1, 0.15) is 11.1 Å². The topological polar surface area (TPSA) is 13.1 Å². The molecule has 1 aliphatic rings. The second kappa shape index (κ2) is 4.85. The van der Waals surface area contributed by atoms with E-state index in [4.69, 9.17) is 4.42 Å². The fraction of sp³-hybridized carbons (Fsp3) is 0. The molecule has 1 aromatic heterocycles. The highest BCUT2D eigenvalue weighted by atomic mass is 16.3. The highest BCUT2D eigenvalue weighted by Gasteiger charge is 2.20. The molecule has 0 atom stereocenters. The molecular formula is C20H12O. The summed E-state index contributed by atoms with van der Waals surface area (Å²) in [7, 11) is 0. The normalized spacial score (nSPS) is 11.6. The van der Waals surface area contributed by atoms with Gasteiger partial charge in [-0.15, -0.1) is 0 Å². The van der Waals surface area contributed by atoms with Crippen LogP contribution in [0, 0.1) is 0 Å². The molecular weight excluding hydrogens is 256 g/mol. The molecule has 0 N–H and O–H groups in total. The molecule has 0 saturated carbocycles. The van der Waals surface area contributed by atoms with Crippen LogP contribution in [-0.4, -0.2) is 0 Å². The summed E-state index contributed by atoms with van der Waals surface area (Å²) in [5, 5.41) is 0. The van der Waals surface area contributed by atoms with Crippen molar-refractivity contribution in [1.29, 1.82) is 0 Å². The van der Waals surface area contributed by atoms with E-state index in [1.807, 2.05) is 48.6 Å². The Bertz CT molecular complexity index is 812. The van der Waals surface area contributed by atoms with Crippen molar-refractivity contribution in [1.82, 2.24) is 0 Å². The molecule has 98 valence electrons. The van der Waals surface area contributed by atoms with Crippen LogP contribution in [-0.2, 0) is 0 Å². The van der Waals surface area contributed by atoms with Crippen molar-refractivity contribution in [2.75, 3.05) is 0 Å². The van der Waals surface area contributed by atoms with Gasteiger partial charge in [0.25, 0.3) is 0 Å². The smallest absolute Gasteiger partial charge is 0.143 e. The highest BCUT2D eigenvalue weighted by Crippen LogP contribution is 2.39. The first-order valence-electron chi connectivity index (χ1n) is 6.88. The van der Waals surface area contributed by atoms with E-state index in [0.29, 0.717) is 0 Å². The summed E-state index contributed by atoms with van der Waals surface area (Å²) in [4.78, 5) is 0. The van der Waals surface area contributed by atoms with Gasteiger partial charge in [0.1, 0.15) is 11.5 Å². The van der Waals surface area contributed by atoms with E-state index < -0.39 is 0 Å². The standard InChI is InChI=1S/C20H12O/c1-3-9-15(10-4-1)19-17-13-7-8-14-18(17)20(21-19)16-11-5-2-6-12-16/h1-6,9-14H. The molecule has 0 bridgehead atoms. The molecule has 1 aliphatic carbocycles. The molecule has 21 heavy (non-hydrogen) atoms. The van der Waals surface area contributed by atoms with E-state index in [1.165, 1.54) is 0 Å². The fourth-order valence-corrected chi connectivity index (χ4v) is 2.58. The molecule has 3 aromatic rings. The second-order valence-electron chi connectivity index (χ2n) is 4.90. The van der Waals surface area contributed by atoms with Gasteiger partial charge in [0.2, 0.25) is 0 Å². The number of benzene rings is 2. The van der Waals surface area contributed by atoms with Crippen LogP contribution in [0.3, 0.4) is 0 Å². The Morgan fingerprint density at radius 1 is 0.571 bits per heavy atom. The van der Waals surface area contributed by atoms with Crippen LogP contribution in [0.15, 0.2) is 76.5 Å². The van der Waals surface area contributed by atoms with E-state index in [9.17, 15) is 0 Å². The van der Waals surface area contributed by atoms with Crippen molar-refractivity contribution in [3.8, 4) is 22.6 Å². The van der Waals surface area contributed by atoms with Gasteiger partial charge in [0.15, 0.2) is 0 Å². The van der Waals surface area contributed by atoms with E-state index in [2.05, 4.69) is 35.7 Å². The van der Waals surface area contributed by atoms with E-state index >= 15 is 0 Å². The average molecular weight is 268 g/mol. The monoisotopic (exact) mass is 268 g/mol. The Hall–Kier alpha value is -2.98. The summed E-state index contributed by atoms with van der Waals surface area (Å²) in [6.45, 7) is 0. The molecule has 4 rings (SSSR count). The zero-order chi connectivity index (χ0) is 14.1. The lowest BCUT2D eigenvalue weighted by atomic mass is 10.00. The minimum absolute atomic E-state index is 0.884. The van der Waals surface area contributed by atoms with Gasteiger partial charge in [-0.25, -0.2) is 0 Å². The second-order valence-corrected chi connectivity index (χ2v) is 4.90. The van der Waals surface area contributed by atoms with Crippen molar-refractivity contribution in [3.63, 3.8) is 0 Å². The molecule has 0 radical (unpaired) electrons. The minimum atomic E-state index is 0.884. The van der Waals surface area contributed by atoms with Crippen molar-refractivity contribution in [2.24, 2.45) is 0 Å². The highest BCUT2D eigenvalue weighted by molar-refractivity contribution is 5.86. The van der Waals surface area contributed by atoms with Crippen molar-refractivity contribution in [3.05, 3.63) is 83.3 Å². The van der Waals surface area contributed by atoms with Crippen LogP contribution in [0.5, 0.6) is 0 Å². The summed E-state index contributed by atoms with van der Waals surface area (Å²) < 4.78 is 6.20. The molecule has 0 unspecified atom stereocenters.